The molecule has 0 fully saturated rings. The molecule has 0 aliphatic heterocycles. The first-order valence-electron chi connectivity index (χ1n) is 3.90. The van der Waals surface area contributed by atoms with Crippen molar-refractivity contribution in [2.24, 2.45) is 10.9 Å². The Morgan fingerprint density at radius 2 is 2.38 bits per heavy atom. The summed E-state index contributed by atoms with van der Waals surface area (Å²) in [6.45, 7) is 3.99. The fraction of sp³-hybridized carbons (Fsp3) is 0.250. The van der Waals surface area contributed by atoms with Crippen LogP contribution in [0.1, 0.15) is 17.1 Å². The number of hydrogen-bond acceptors (Lipinski definition) is 4. The minimum Gasteiger partial charge on any atom is -0.323 e. The van der Waals surface area contributed by atoms with E-state index < -0.39 is 0 Å². The minimum absolute atomic E-state index is 0.962. The van der Waals surface area contributed by atoms with Crippen molar-refractivity contribution in [2.45, 2.75) is 13.8 Å². The molecule has 0 unspecified atom stereocenters. The summed E-state index contributed by atoms with van der Waals surface area (Å²) in [5.41, 5.74) is 3.09. The Morgan fingerprint density at radius 1 is 1.62 bits per heavy atom. The van der Waals surface area contributed by atoms with Crippen molar-refractivity contribution in [3.8, 4) is 0 Å². The van der Waals surface area contributed by atoms with Crippen LogP contribution in [-0.4, -0.2) is 15.6 Å². The van der Waals surface area contributed by atoms with Crippen LogP contribution in [0.25, 0.3) is 4.96 Å². The molecule has 0 amide bonds. The van der Waals surface area contributed by atoms with E-state index in [1.807, 2.05) is 13.8 Å². The molecule has 2 aromatic heterocycles. The Labute approximate surface area is 79.7 Å². The maximum Gasteiger partial charge on any atom is 0.194 e. The lowest BCUT2D eigenvalue weighted by Crippen LogP contribution is -1.95. The van der Waals surface area contributed by atoms with E-state index in [0.717, 1.165) is 22.0 Å². The van der Waals surface area contributed by atoms with E-state index in [1.54, 1.807) is 17.6 Å². The topological polar surface area (TPSA) is 55.7 Å². The van der Waals surface area contributed by atoms with Crippen LogP contribution in [0.2, 0.25) is 0 Å². The smallest absolute Gasteiger partial charge is 0.194 e. The molecule has 0 saturated heterocycles. The van der Waals surface area contributed by atoms with Gasteiger partial charge in [0, 0.05) is 11.1 Å². The Hall–Kier alpha value is -1.36. The number of aryl methyl sites for hydroxylation is 2. The summed E-state index contributed by atoms with van der Waals surface area (Å²) >= 11 is 1.62. The van der Waals surface area contributed by atoms with Crippen LogP contribution in [0.15, 0.2) is 10.5 Å². The largest absolute Gasteiger partial charge is 0.323 e. The van der Waals surface area contributed by atoms with Gasteiger partial charge in [-0.15, -0.1) is 11.3 Å². The van der Waals surface area contributed by atoms with Gasteiger partial charge in [0.05, 0.1) is 17.6 Å². The number of hydrogen-bond donors (Lipinski definition) is 1. The van der Waals surface area contributed by atoms with Crippen molar-refractivity contribution < 1.29 is 0 Å². The van der Waals surface area contributed by atoms with Crippen LogP contribution in [0.3, 0.4) is 0 Å². The van der Waals surface area contributed by atoms with Crippen molar-refractivity contribution in [3.05, 3.63) is 22.5 Å². The van der Waals surface area contributed by atoms with Crippen molar-refractivity contribution >= 4 is 22.5 Å². The molecule has 68 valence electrons. The molecular formula is C8H10N4S. The zero-order chi connectivity index (χ0) is 9.42. The SMILES string of the molecule is Cc1nc2scc(C)n2c1/C=N/N. The fourth-order valence-corrected chi connectivity index (χ4v) is 2.27. The summed E-state index contributed by atoms with van der Waals surface area (Å²) < 4.78 is 2.05. The van der Waals surface area contributed by atoms with Gasteiger partial charge in [-0.3, -0.25) is 4.40 Å². The molecule has 0 radical (unpaired) electrons. The second-order valence-corrected chi connectivity index (χ2v) is 3.69. The molecule has 2 aromatic rings. The van der Waals surface area contributed by atoms with Crippen LogP contribution in [0.5, 0.6) is 0 Å². The number of aromatic nitrogens is 2. The van der Waals surface area contributed by atoms with Gasteiger partial charge < -0.3 is 5.84 Å². The highest BCUT2D eigenvalue weighted by Crippen LogP contribution is 2.18. The highest BCUT2D eigenvalue weighted by Gasteiger charge is 2.09. The standard InChI is InChI=1S/C8H10N4S/c1-5-4-13-8-11-6(2)7(3-10-9)12(5)8/h3-4H,9H2,1-2H3/b10-3+. The fourth-order valence-electron chi connectivity index (χ4n) is 1.35. The first-order chi connectivity index (χ1) is 6.24. The van der Waals surface area contributed by atoms with E-state index in [0.29, 0.717) is 0 Å². The lowest BCUT2D eigenvalue weighted by atomic mass is 10.3. The first kappa shape index (κ1) is 8.25. The van der Waals surface area contributed by atoms with Crippen molar-refractivity contribution in [2.75, 3.05) is 0 Å². The normalized spacial score (nSPS) is 11.8. The van der Waals surface area contributed by atoms with Crippen molar-refractivity contribution in [1.29, 1.82) is 0 Å². The van der Waals surface area contributed by atoms with Crippen LogP contribution in [0, 0.1) is 13.8 Å². The minimum atomic E-state index is 0.962. The molecule has 0 aliphatic rings. The Balaban J connectivity index is 2.81. The molecule has 4 nitrogen and oxygen atoms in total. The first-order valence-corrected chi connectivity index (χ1v) is 4.78. The number of thiazole rings is 1. The van der Waals surface area contributed by atoms with E-state index in [-0.39, 0.29) is 0 Å². The van der Waals surface area contributed by atoms with Gasteiger partial charge in [-0.25, -0.2) is 4.98 Å². The molecule has 0 aliphatic carbocycles. The third-order valence-corrected chi connectivity index (χ3v) is 2.89. The second kappa shape index (κ2) is 2.85. The number of fused-ring (bicyclic) bond motifs is 1. The Kier molecular flexibility index (Phi) is 1.81. The van der Waals surface area contributed by atoms with Gasteiger partial charge in [0.25, 0.3) is 0 Å². The van der Waals surface area contributed by atoms with Crippen molar-refractivity contribution in [1.82, 2.24) is 9.38 Å². The lowest BCUT2D eigenvalue weighted by Gasteiger charge is -1.93. The summed E-state index contributed by atoms with van der Waals surface area (Å²) in [5, 5.41) is 5.59. The van der Waals surface area contributed by atoms with E-state index in [4.69, 9.17) is 5.84 Å². The zero-order valence-corrected chi connectivity index (χ0v) is 8.30. The highest BCUT2D eigenvalue weighted by atomic mass is 32.1. The maximum absolute atomic E-state index is 5.13. The van der Waals surface area contributed by atoms with Crippen LogP contribution in [0.4, 0.5) is 0 Å². The van der Waals surface area contributed by atoms with E-state index in [1.165, 1.54) is 0 Å². The number of nitrogens with zero attached hydrogens (tertiary/aromatic N) is 3. The Bertz CT molecular complexity index is 466. The highest BCUT2D eigenvalue weighted by molar-refractivity contribution is 7.15. The van der Waals surface area contributed by atoms with Gasteiger partial charge in [-0.2, -0.15) is 5.10 Å². The van der Waals surface area contributed by atoms with Crippen LogP contribution < -0.4 is 5.84 Å². The third-order valence-electron chi connectivity index (χ3n) is 1.95. The number of imidazole rings is 1. The van der Waals surface area contributed by atoms with Gasteiger partial charge in [0.2, 0.25) is 0 Å². The van der Waals surface area contributed by atoms with Gasteiger partial charge in [-0.1, -0.05) is 0 Å². The summed E-state index contributed by atoms with van der Waals surface area (Å²) in [6.07, 6.45) is 1.63. The van der Waals surface area contributed by atoms with Gasteiger partial charge in [-0.05, 0) is 13.8 Å². The monoisotopic (exact) mass is 194 g/mol. The zero-order valence-electron chi connectivity index (χ0n) is 7.48. The summed E-state index contributed by atoms with van der Waals surface area (Å²) in [6, 6.07) is 0. The average molecular weight is 194 g/mol. The molecule has 2 rings (SSSR count). The molecule has 0 bridgehead atoms. The maximum atomic E-state index is 5.13. The lowest BCUT2D eigenvalue weighted by molar-refractivity contribution is 1.11. The summed E-state index contributed by atoms with van der Waals surface area (Å²) in [5.74, 6) is 5.13. The number of hydrazone groups is 1. The average Bonchev–Trinajstić information content (AvgIpc) is 2.57. The van der Waals surface area contributed by atoms with Crippen LogP contribution in [-0.2, 0) is 0 Å². The Morgan fingerprint density at radius 3 is 3.08 bits per heavy atom. The van der Waals surface area contributed by atoms with E-state index in [2.05, 4.69) is 19.9 Å². The van der Waals surface area contributed by atoms with Gasteiger partial charge in [0.1, 0.15) is 0 Å². The molecule has 13 heavy (non-hydrogen) atoms. The van der Waals surface area contributed by atoms with Crippen LogP contribution >= 0.6 is 11.3 Å². The number of nitrogens with two attached hydrogens (primary N) is 1. The quantitative estimate of drug-likeness (QED) is 0.422. The summed E-state index contributed by atoms with van der Waals surface area (Å²) in [7, 11) is 0. The molecular weight excluding hydrogens is 184 g/mol. The van der Waals surface area contributed by atoms with Gasteiger partial charge in [0.15, 0.2) is 4.96 Å². The van der Waals surface area contributed by atoms with Gasteiger partial charge >= 0.3 is 0 Å². The molecule has 0 aromatic carbocycles. The molecule has 2 heterocycles. The van der Waals surface area contributed by atoms with E-state index in [9.17, 15) is 0 Å². The molecule has 5 heteroatoms. The predicted molar refractivity (Wildman–Crippen MR) is 54.3 cm³/mol. The molecule has 2 N–H and O–H groups in total. The molecule has 0 atom stereocenters. The summed E-state index contributed by atoms with van der Waals surface area (Å²) in [4.78, 5) is 5.38. The molecule has 0 saturated carbocycles. The molecule has 0 spiro atoms. The number of rotatable bonds is 1. The predicted octanol–water partition coefficient (Wildman–Crippen LogP) is 1.31. The third kappa shape index (κ3) is 1.12. The van der Waals surface area contributed by atoms with Crippen molar-refractivity contribution in [3.63, 3.8) is 0 Å². The second-order valence-electron chi connectivity index (χ2n) is 2.86. The van der Waals surface area contributed by atoms with E-state index >= 15 is 0 Å².